The molecule has 0 amide bonds. The van der Waals surface area contributed by atoms with Gasteiger partial charge in [0, 0.05) is 11.1 Å². The van der Waals surface area contributed by atoms with Crippen molar-refractivity contribution in [2.75, 3.05) is 0 Å². The van der Waals surface area contributed by atoms with E-state index in [0.29, 0.717) is 5.57 Å². The second kappa shape index (κ2) is 6.99. The van der Waals surface area contributed by atoms with Crippen LogP contribution in [0.2, 0.25) is 0 Å². The molecule has 0 N–H and O–H groups in total. The first-order valence-electron chi connectivity index (χ1n) is 10.5. The van der Waals surface area contributed by atoms with Gasteiger partial charge in [-0.2, -0.15) is 0 Å². The predicted octanol–water partition coefficient (Wildman–Crippen LogP) is 7.24. The molecule has 0 radical (unpaired) electrons. The summed E-state index contributed by atoms with van der Waals surface area (Å²) in [4.78, 5) is 13.3. The number of carbonyl (C=O) groups is 1. The van der Waals surface area contributed by atoms with Crippen molar-refractivity contribution >= 4 is 27.3 Å². The van der Waals surface area contributed by atoms with Crippen molar-refractivity contribution < 1.29 is 4.79 Å². The van der Waals surface area contributed by atoms with Crippen LogP contribution in [0.4, 0.5) is 0 Å². The van der Waals surface area contributed by atoms with Gasteiger partial charge in [-0.25, -0.2) is 0 Å². The molecule has 30 heavy (non-hydrogen) atoms. The molecule has 0 bridgehead atoms. The molecule has 0 spiro atoms. The van der Waals surface area contributed by atoms with E-state index in [2.05, 4.69) is 108 Å². The van der Waals surface area contributed by atoms with Gasteiger partial charge in [0.25, 0.3) is 0 Å². The fourth-order valence-electron chi connectivity index (χ4n) is 4.10. The number of allylic oxidation sites excluding steroid dienone is 4. The van der Waals surface area contributed by atoms with Crippen LogP contribution in [0.5, 0.6) is 0 Å². The van der Waals surface area contributed by atoms with Crippen LogP contribution in [-0.4, -0.2) is 5.78 Å². The zero-order chi connectivity index (χ0) is 21.7. The Morgan fingerprint density at radius 2 is 1.30 bits per heavy atom. The van der Waals surface area contributed by atoms with Gasteiger partial charge < -0.3 is 0 Å². The number of ketones is 1. The average Bonchev–Trinajstić information content (AvgIpc) is 3.03. The van der Waals surface area contributed by atoms with Gasteiger partial charge in [0.05, 0.1) is 5.57 Å². The first kappa shape index (κ1) is 20.2. The normalized spacial score (nSPS) is 14.9. The monoisotopic (exact) mass is 392 g/mol. The summed E-state index contributed by atoms with van der Waals surface area (Å²) >= 11 is 0. The molecule has 0 saturated heterocycles. The molecule has 3 aromatic rings. The minimum absolute atomic E-state index is 0.0741. The lowest BCUT2D eigenvalue weighted by atomic mass is 9.83. The highest BCUT2D eigenvalue weighted by atomic mass is 16.1. The smallest absolute Gasteiger partial charge is 0.198 e. The summed E-state index contributed by atoms with van der Waals surface area (Å²) in [6, 6.07) is 18.9. The molecule has 0 saturated carbocycles. The third kappa shape index (κ3) is 3.48. The van der Waals surface area contributed by atoms with Gasteiger partial charge in [-0.1, -0.05) is 102 Å². The Kier molecular flexibility index (Phi) is 4.70. The van der Waals surface area contributed by atoms with Gasteiger partial charge in [-0.3, -0.25) is 4.79 Å². The van der Waals surface area contributed by atoms with E-state index in [1.54, 1.807) is 0 Å². The highest BCUT2D eigenvalue weighted by molar-refractivity contribution is 6.16. The lowest BCUT2D eigenvalue weighted by Crippen LogP contribution is -2.16. The zero-order valence-electron chi connectivity index (χ0n) is 18.7. The van der Waals surface area contributed by atoms with Gasteiger partial charge in [-0.05, 0) is 50.1 Å². The van der Waals surface area contributed by atoms with Crippen molar-refractivity contribution in [1.82, 2.24) is 0 Å². The molecule has 0 aliphatic heterocycles. The molecular weight excluding hydrogens is 364 g/mol. The Balaban J connectivity index is 1.91. The van der Waals surface area contributed by atoms with E-state index in [9.17, 15) is 4.79 Å². The lowest BCUT2D eigenvalue weighted by Gasteiger charge is -2.20. The molecule has 150 valence electrons. The predicted molar refractivity (Wildman–Crippen MR) is 127 cm³/mol. The number of Topliss-reactive ketones (excluding diaryl/α,β-unsaturated/α-hetero) is 1. The van der Waals surface area contributed by atoms with Crippen LogP contribution < -0.4 is 0 Å². The van der Waals surface area contributed by atoms with Crippen molar-refractivity contribution in [2.24, 2.45) is 10.8 Å². The summed E-state index contributed by atoms with van der Waals surface area (Å²) in [5.41, 5.74) is 3.15. The third-order valence-corrected chi connectivity index (χ3v) is 5.74. The summed E-state index contributed by atoms with van der Waals surface area (Å²) in [5, 5.41) is 4.70. The van der Waals surface area contributed by atoms with Gasteiger partial charge in [0.2, 0.25) is 0 Å². The average molecular weight is 393 g/mol. The van der Waals surface area contributed by atoms with Crippen LogP contribution in [0.1, 0.15) is 47.1 Å². The second-order valence-electron chi connectivity index (χ2n) is 10.1. The molecule has 1 heteroatoms. The summed E-state index contributed by atoms with van der Waals surface area (Å²) in [6.45, 7) is 12.7. The zero-order valence-corrected chi connectivity index (χ0v) is 18.7. The molecular formula is C29H28O. The fourth-order valence-corrected chi connectivity index (χ4v) is 4.10. The van der Waals surface area contributed by atoms with E-state index >= 15 is 0 Å². The lowest BCUT2D eigenvalue weighted by molar-refractivity contribution is -0.112. The van der Waals surface area contributed by atoms with Crippen molar-refractivity contribution in [1.29, 1.82) is 0 Å². The molecule has 1 aliphatic rings. The maximum absolute atomic E-state index is 13.3. The molecule has 0 atom stereocenters. The number of fused-ring (bicyclic) bond motifs is 3. The van der Waals surface area contributed by atoms with E-state index in [4.69, 9.17) is 0 Å². The van der Waals surface area contributed by atoms with Gasteiger partial charge in [0.15, 0.2) is 5.78 Å². The van der Waals surface area contributed by atoms with Crippen molar-refractivity contribution in [2.45, 2.75) is 41.5 Å². The van der Waals surface area contributed by atoms with Crippen LogP contribution in [0, 0.1) is 22.7 Å². The topological polar surface area (TPSA) is 17.1 Å². The molecule has 1 aliphatic carbocycles. The molecule has 4 rings (SSSR count). The Morgan fingerprint density at radius 3 is 1.93 bits per heavy atom. The van der Waals surface area contributed by atoms with Crippen LogP contribution in [0.15, 0.2) is 77.4 Å². The summed E-state index contributed by atoms with van der Waals surface area (Å²) in [5.74, 6) is 6.73. The number of hydrogen-bond donors (Lipinski definition) is 0. The number of hydrogen-bond acceptors (Lipinski definition) is 1. The highest BCUT2D eigenvalue weighted by Crippen LogP contribution is 2.41. The first-order chi connectivity index (χ1) is 14.1. The van der Waals surface area contributed by atoms with Crippen molar-refractivity contribution in [3.8, 4) is 11.8 Å². The quantitative estimate of drug-likeness (QED) is 0.291. The van der Waals surface area contributed by atoms with E-state index in [-0.39, 0.29) is 16.6 Å². The summed E-state index contributed by atoms with van der Waals surface area (Å²) < 4.78 is 0. The standard InChI is InChI=1S/C29H28O/c1-28(2,3)25-18-26(29(4,5)6)27(30)24(25)16-15-20-17-19-11-7-8-12-21(19)23-14-10-9-13-22(20)23/h7-14,17-18H,1-6H3. The third-order valence-electron chi connectivity index (χ3n) is 5.74. The van der Waals surface area contributed by atoms with E-state index < -0.39 is 0 Å². The number of rotatable bonds is 0. The summed E-state index contributed by atoms with van der Waals surface area (Å²) in [7, 11) is 0. The Hall–Kier alpha value is -3.11. The van der Waals surface area contributed by atoms with Crippen LogP contribution >= 0.6 is 0 Å². The Morgan fingerprint density at radius 1 is 0.700 bits per heavy atom. The molecule has 1 nitrogen and oxygen atoms in total. The van der Waals surface area contributed by atoms with Gasteiger partial charge in [0.1, 0.15) is 0 Å². The molecule has 0 aromatic heterocycles. The molecule has 0 heterocycles. The highest BCUT2D eigenvalue weighted by Gasteiger charge is 2.35. The largest absolute Gasteiger partial charge is 0.288 e. The van der Waals surface area contributed by atoms with Crippen LogP contribution in [0.3, 0.4) is 0 Å². The Bertz CT molecular complexity index is 1310. The van der Waals surface area contributed by atoms with Crippen LogP contribution in [0.25, 0.3) is 21.5 Å². The molecule has 0 fully saturated rings. The molecule has 0 unspecified atom stereocenters. The van der Waals surface area contributed by atoms with Gasteiger partial charge >= 0.3 is 0 Å². The number of carbonyl (C=O) groups excluding carboxylic acids is 1. The maximum Gasteiger partial charge on any atom is 0.198 e. The Labute approximate surface area is 179 Å². The van der Waals surface area contributed by atoms with E-state index in [1.807, 2.05) is 6.07 Å². The van der Waals surface area contributed by atoms with Crippen LogP contribution in [-0.2, 0) is 4.79 Å². The summed E-state index contributed by atoms with van der Waals surface area (Å²) in [6.07, 6.45) is 2.07. The first-order valence-corrected chi connectivity index (χ1v) is 10.5. The molecule has 3 aromatic carbocycles. The fraction of sp³-hybridized carbons (Fsp3) is 0.276. The van der Waals surface area contributed by atoms with E-state index in [1.165, 1.54) is 10.8 Å². The maximum atomic E-state index is 13.3. The second-order valence-corrected chi connectivity index (χ2v) is 10.1. The van der Waals surface area contributed by atoms with Gasteiger partial charge in [-0.15, -0.1) is 0 Å². The minimum Gasteiger partial charge on any atom is -0.288 e. The van der Waals surface area contributed by atoms with E-state index in [0.717, 1.165) is 27.5 Å². The number of benzene rings is 3. The van der Waals surface area contributed by atoms with Crippen molar-refractivity contribution in [3.63, 3.8) is 0 Å². The minimum atomic E-state index is -0.202. The van der Waals surface area contributed by atoms with Crippen molar-refractivity contribution in [3.05, 3.63) is 83.0 Å². The SMILES string of the molecule is CC(C)(C)C1=CC(C(C)(C)C)=C(C#Cc2cc3ccccc3c3ccccc23)C1=O.